The van der Waals surface area contributed by atoms with Crippen LogP contribution in [0.4, 0.5) is 0 Å². The van der Waals surface area contributed by atoms with Crippen LogP contribution in [0.15, 0.2) is 29.2 Å². The molecule has 1 unspecified atom stereocenters. The Morgan fingerprint density at radius 1 is 1.35 bits per heavy atom. The van der Waals surface area contributed by atoms with Crippen molar-refractivity contribution in [1.29, 1.82) is 0 Å². The van der Waals surface area contributed by atoms with Gasteiger partial charge in [-0.25, -0.2) is 4.79 Å². The van der Waals surface area contributed by atoms with Gasteiger partial charge in [-0.3, -0.25) is 4.79 Å². The molecule has 0 spiro atoms. The summed E-state index contributed by atoms with van der Waals surface area (Å²) in [7, 11) is 0. The zero-order valence-electron chi connectivity index (χ0n) is 10.9. The number of rotatable bonds is 5. The Labute approximate surface area is 127 Å². The molecule has 0 saturated carbocycles. The van der Waals surface area contributed by atoms with E-state index in [1.807, 2.05) is 24.3 Å². The third-order valence-electron chi connectivity index (χ3n) is 3.26. The summed E-state index contributed by atoms with van der Waals surface area (Å²) < 4.78 is 0. The molecule has 1 amide bonds. The Balaban J connectivity index is 1.80. The highest BCUT2D eigenvalue weighted by molar-refractivity contribution is 7.99. The highest BCUT2D eigenvalue weighted by atomic mass is 35.5. The van der Waals surface area contributed by atoms with E-state index in [9.17, 15) is 9.59 Å². The van der Waals surface area contributed by atoms with Crippen molar-refractivity contribution in [3.63, 3.8) is 0 Å². The molecule has 1 saturated heterocycles. The van der Waals surface area contributed by atoms with E-state index in [1.54, 1.807) is 11.8 Å². The van der Waals surface area contributed by atoms with Crippen molar-refractivity contribution in [2.24, 2.45) is 0 Å². The fraction of sp³-hybridized carbons (Fsp3) is 0.429. The van der Waals surface area contributed by atoms with Crippen LogP contribution < -0.4 is 0 Å². The van der Waals surface area contributed by atoms with Crippen molar-refractivity contribution in [1.82, 2.24) is 4.90 Å². The number of amides is 1. The Morgan fingerprint density at radius 2 is 2.05 bits per heavy atom. The number of nitrogens with zero attached hydrogens (tertiary/aromatic N) is 1. The lowest BCUT2D eigenvalue weighted by molar-refractivity contribution is -0.148. The van der Waals surface area contributed by atoms with Crippen LogP contribution in [-0.4, -0.2) is 40.2 Å². The lowest BCUT2D eigenvalue weighted by Crippen LogP contribution is -2.40. The molecule has 1 N–H and O–H groups in total. The van der Waals surface area contributed by atoms with Gasteiger partial charge >= 0.3 is 5.97 Å². The summed E-state index contributed by atoms with van der Waals surface area (Å²) in [5.74, 6) is -0.332. The van der Waals surface area contributed by atoms with Crippen molar-refractivity contribution >= 4 is 35.2 Å². The predicted octanol–water partition coefficient (Wildman–Crippen LogP) is 2.90. The van der Waals surface area contributed by atoms with E-state index >= 15 is 0 Å². The number of carboxylic acid groups (broad SMARTS) is 1. The molecule has 108 valence electrons. The molecule has 4 nitrogen and oxygen atoms in total. The van der Waals surface area contributed by atoms with Gasteiger partial charge in [0.2, 0.25) is 5.91 Å². The number of benzene rings is 1. The lowest BCUT2D eigenvalue weighted by Gasteiger charge is -2.21. The quantitative estimate of drug-likeness (QED) is 0.849. The molecule has 0 bridgehead atoms. The second kappa shape index (κ2) is 6.99. The van der Waals surface area contributed by atoms with Gasteiger partial charge in [0.15, 0.2) is 0 Å². The van der Waals surface area contributed by atoms with Crippen LogP contribution in [0.2, 0.25) is 5.02 Å². The number of aliphatic carboxylic acids is 1. The monoisotopic (exact) mass is 313 g/mol. The second-order valence-corrected chi connectivity index (χ2v) is 6.24. The number of hydrogen-bond donors (Lipinski definition) is 1. The van der Waals surface area contributed by atoms with Gasteiger partial charge in [0.05, 0.1) is 0 Å². The Bertz CT molecular complexity index is 492. The third kappa shape index (κ3) is 3.90. The van der Waals surface area contributed by atoms with Crippen molar-refractivity contribution in [2.45, 2.75) is 30.2 Å². The molecule has 1 heterocycles. The van der Waals surface area contributed by atoms with Gasteiger partial charge in [0.25, 0.3) is 0 Å². The number of carbonyl (C=O) groups excluding carboxylic acids is 1. The zero-order valence-corrected chi connectivity index (χ0v) is 12.5. The van der Waals surface area contributed by atoms with E-state index in [2.05, 4.69) is 0 Å². The van der Waals surface area contributed by atoms with Gasteiger partial charge < -0.3 is 10.0 Å². The van der Waals surface area contributed by atoms with E-state index in [4.69, 9.17) is 16.7 Å². The van der Waals surface area contributed by atoms with E-state index in [0.717, 1.165) is 11.3 Å². The summed E-state index contributed by atoms with van der Waals surface area (Å²) in [6.45, 7) is 0.557. The summed E-state index contributed by atoms with van der Waals surface area (Å²) in [4.78, 5) is 25.6. The van der Waals surface area contributed by atoms with Gasteiger partial charge in [-0.15, -0.1) is 11.8 Å². The van der Waals surface area contributed by atoms with Crippen LogP contribution >= 0.6 is 23.4 Å². The first-order chi connectivity index (χ1) is 9.58. The maximum absolute atomic E-state index is 12.0. The van der Waals surface area contributed by atoms with Crippen LogP contribution in [0, 0.1) is 0 Å². The molecule has 6 heteroatoms. The molecule has 0 aliphatic carbocycles. The van der Waals surface area contributed by atoms with Gasteiger partial charge in [0.1, 0.15) is 6.04 Å². The van der Waals surface area contributed by atoms with Crippen molar-refractivity contribution in [3.05, 3.63) is 29.3 Å². The molecule has 2 rings (SSSR count). The Kier molecular flexibility index (Phi) is 5.31. The number of thioether (sulfide) groups is 1. The summed E-state index contributed by atoms with van der Waals surface area (Å²) in [6.07, 6.45) is 1.69. The molecule has 1 aliphatic heterocycles. The van der Waals surface area contributed by atoms with Crippen LogP contribution in [-0.2, 0) is 9.59 Å². The summed E-state index contributed by atoms with van der Waals surface area (Å²) >= 11 is 7.37. The van der Waals surface area contributed by atoms with Gasteiger partial charge in [-0.1, -0.05) is 11.6 Å². The predicted molar refractivity (Wildman–Crippen MR) is 79.2 cm³/mol. The number of likely N-dealkylation sites (tertiary alicyclic amines) is 1. The van der Waals surface area contributed by atoms with Crippen molar-refractivity contribution in [2.75, 3.05) is 12.3 Å². The number of carbonyl (C=O) groups is 2. The van der Waals surface area contributed by atoms with Crippen LogP contribution in [0.3, 0.4) is 0 Å². The molecule has 20 heavy (non-hydrogen) atoms. The zero-order chi connectivity index (χ0) is 14.5. The van der Waals surface area contributed by atoms with E-state index in [0.29, 0.717) is 30.2 Å². The molecule has 1 aliphatic rings. The van der Waals surface area contributed by atoms with Crippen LogP contribution in [0.25, 0.3) is 0 Å². The molecule has 0 aromatic heterocycles. The summed E-state index contributed by atoms with van der Waals surface area (Å²) in [6, 6.07) is 6.81. The van der Waals surface area contributed by atoms with E-state index in [-0.39, 0.29) is 5.91 Å². The average Bonchev–Trinajstić information content (AvgIpc) is 2.90. The first-order valence-electron chi connectivity index (χ1n) is 6.48. The molecular formula is C14H16ClNO3S. The molecule has 1 atom stereocenters. The molecule has 1 aromatic carbocycles. The highest BCUT2D eigenvalue weighted by Crippen LogP contribution is 2.23. The summed E-state index contributed by atoms with van der Waals surface area (Å²) in [5.41, 5.74) is 0. The Morgan fingerprint density at radius 3 is 2.70 bits per heavy atom. The maximum Gasteiger partial charge on any atom is 0.326 e. The number of carboxylic acids is 1. The smallest absolute Gasteiger partial charge is 0.326 e. The minimum atomic E-state index is -0.902. The number of halogens is 1. The third-order valence-corrected chi connectivity index (χ3v) is 4.52. The molecule has 1 fully saturated rings. The number of hydrogen-bond acceptors (Lipinski definition) is 3. The standard InChI is InChI=1S/C14H16ClNO3S/c15-10-3-5-11(6-4-10)20-9-7-13(17)16-8-1-2-12(16)14(18)19/h3-6,12H,1-2,7-9H2,(H,18,19). The second-order valence-electron chi connectivity index (χ2n) is 4.64. The highest BCUT2D eigenvalue weighted by Gasteiger charge is 2.33. The molecule has 0 radical (unpaired) electrons. The minimum Gasteiger partial charge on any atom is -0.480 e. The minimum absolute atomic E-state index is 0.0728. The van der Waals surface area contributed by atoms with Crippen molar-refractivity contribution < 1.29 is 14.7 Å². The van der Waals surface area contributed by atoms with E-state index < -0.39 is 12.0 Å². The van der Waals surface area contributed by atoms with Gasteiger partial charge in [-0.2, -0.15) is 0 Å². The maximum atomic E-state index is 12.0. The topological polar surface area (TPSA) is 57.6 Å². The average molecular weight is 314 g/mol. The van der Waals surface area contributed by atoms with Gasteiger partial charge in [0, 0.05) is 28.6 Å². The van der Waals surface area contributed by atoms with E-state index in [1.165, 1.54) is 4.90 Å². The fourth-order valence-corrected chi connectivity index (χ4v) is 3.22. The lowest BCUT2D eigenvalue weighted by atomic mass is 10.2. The SMILES string of the molecule is O=C(O)C1CCCN1C(=O)CCSc1ccc(Cl)cc1. The fourth-order valence-electron chi connectivity index (χ4n) is 2.25. The Hall–Kier alpha value is -1.20. The first kappa shape index (κ1) is 15.2. The first-order valence-corrected chi connectivity index (χ1v) is 7.85. The molecule has 1 aromatic rings. The van der Waals surface area contributed by atoms with Gasteiger partial charge in [-0.05, 0) is 37.1 Å². The largest absolute Gasteiger partial charge is 0.480 e. The van der Waals surface area contributed by atoms with Crippen LogP contribution in [0.1, 0.15) is 19.3 Å². The van der Waals surface area contributed by atoms with Crippen LogP contribution in [0.5, 0.6) is 0 Å². The van der Waals surface area contributed by atoms with Crippen molar-refractivity contribution in [3.8, 4) is 0 Å². The normalized spacial score (nSPS) is 18.2. The summed E-state index contributed by atoms with van der Waals surface area (Å²) in [5, 5.41) is 9.74. The molecular weight excluding hydrogens is 298 g/mol.